The summed E-state index contributed by atoms with van der Waals surface area (Å²) >= 11 is 1.59. The highest BCUT2D eigenvalue weighted by Crippen LogP contribution is 2.33. The van der Waals surface area contributed by atoms with E-state index in [0.29, 0.717) is 24.7 Å². The molecule has 24 heavy (non-hydrogen) atoms. The number of hydrogen-bond donors (Lipinski definition) is 0. The number of amides is 1. The van der Waals surface area contributed by atoms with Gasteiger partial charge >= 0.3 is 0 Å². The van der Waals surface area contributed by atoms with Crippen LogP contribution in [0.5, 0.6) is 0 Å². The lowest BCUT2D eigenvalue weighted by atomic mass is 9.91. The molecular formula is C18H27N3O2S. The van der Waals surface area contributed by atoms with Crippen molar-refractivity contribution in [3.63, 3.8) is 0 Å². The van der Waals surface area contributed by atoms with Gasteiger partial charge in [-0.1, -0.05) is 32.5 Å². The minimum absolute atomic E-state index is 0.0446. The third-order valence-corrected chi connectivity index (χ3v) is 6.24. The van der Waals surface area contributed by atoms with E-state index >= 15 is 0 Å². The van der Waals surface area contributed by atoms with Gasteiger partial charge in [0.15, 0.2) is 5.16 Å². The molecule has 132 valence electrons. The number of aromatic nitrogens is 2. The fourth-order valence-corrected chi connectivity index (χ4v) is 5.26. The molecule has 6 heteroatoms. The van der Waals surface area contributed by atoms with Gasteiger partial charge in [-0.3, -0.25) is 14.2 Å². The number of carbonyl (C=O) groups is 1. The van der Waals surface area contributed by atoms with Gasteiger partial charge in [0.1, 0.15) is 0 Å². The third kappa shape index (κ3) is 3.25. The Bertz CT molecular complexity index is 690. The number of rotatable bonds is 3. The molecule has 1 aromatic heterocycles. The van der Waals surface area contributed by atoms with Gasteiger partial charge < -0.3 is 4.90 Å². The Hall–Kier alpha value is -1.30. The molecule has 3 unspecified atom stereocenters. The van der Waals surface area contributed by atoms with Crippen LogP contribution in [0.2, 0.25) is 0 Å². The minimum atomic E-state index is -0.0593. The molecule has 0 N–H and O–H groups in total. The van der Waals surface area contributed by atoms with E-state index in [1.165, 1.54) is 6.42 Å². The van der Waals surface area contributed by atoms with Crippen LogP contribution in [0.4, 0.5) is 0 Å². The summed E-state index contributed by atoms with van der Waals surface area (Å²) in [4.78, 5) is 32.1. The van der Waals surface area contributed by atoms with E-state index in [1.54, 1.807) is 16.3 Å². The largest absolute Gasteiger partial charge is 0.342 e. The summed E-state index contributed by atoms with van der Waals surface area (Å²) in [5.74, 6) is 2.06. The third-order valence-electron chi connectivity index (χ3n) is 5.14. The number of fused-ring (bicyclic) bond motifs is 1. The van der Waals surface area contributed by atoms with Crippen LogP contribution in [0.15, 0.2) is 9.95 Å². The van der Waals surface area contributed by atoms with Crippen molar-refractivity contribution >= 4 is 17.7 Å². The fourth-order valence-electron chi connectivity index (χ4n) is 4.08. The zero-order valence-corrected chi connectivity index (χ0v) is 15.9. The van der Waals surface area contributed by atoms with E-state index in [-0.39, 0.29) is 17.5 Å². The summed E-state index contributed by atoms with van der Waals surface area (Å²) in [5, 5.41) is 0.771. The van der Waals surface area contributed by atoms with Gasteiger partial charge in [-0.05, 0) is 31.6 Å². The van der Waals surface area contributed by atoms with Gasteiger partial charge in [0.2, 0.25) is 5.91 Å². The smallest absolute Gasteiger partial charge is 0.257 e. The maximum Gasteiger partial charge on any atom is 0.257 e. The maximum atomic E-state index is 12.8. The lowest BCUT2D eigenvalue weighted by Gasteiger charge is -2.35. The first kappa shape index (κ1) is 17.5. The highest BCUT2D eigenvalue weighted by atomic mass is 32.2. The summed E-state index contributed by atoms with van der Waals surface area (Å²) < 4.78 is 1.77. The first-order valence-corrected chi connectivity index (χ1v) is 9.91. The molecule has 3 rings (SSSR count). The molecule has 1 fully saturated rings. The molecule has 2 aliphatic rings. The van der Waals surface area contributed by atoms with Crippen LogP contribution < -0.4 is 5.56 Å². The van der Waals surface area contributed by atoms with Crippen molar-refractivity contribution in [2.45, 2.75) is 58.2 Å². The summed E-state index contributed by atoms with van der Waals surface area (Å²) in [6.07, 6.45) is 2.28. The number of aryl methyl sites for hydroxylation is 1. The standard InChI is InChI=1S/C18H27N3O2S/c1-5-15-13(4)19-18-21(17(15)23)14(10-24-18)7-16(22)20-8-11(2)6-12(3)9-20/h11-12,14H,5-10H2,1-4H3. The summed E-state index contributed by atoms with van der Waals surface area (Å²) in [6, 6.07) is -0.0593. The second-order valence-electron chi connectivity index (χ2n) is 7.40. The lowest BCUT2D eigenvalue weighted by Crippen LogP contribution is -2.43. The van der Waals surface area contributed by atoms with Gasteiger partial charge in [-0.15, -0.1) is 0 Å². The summed E-state index contributed by atoms with van der Waals surface area (Å²) in [6.45, 7) is 9.99. The van der Waals surface area contributed by atoms with Crippen molar-refractivity contribution in [3.8, 4) is 0 Å². The lowest BCUT2D eigenvalue weighted by molar-refractivity contribution is -0.134. The van der Waals surface area contributed by atoms with Crippen LogP contribution in [0.1, 0.15) is 50.9 Å². The average Bonchev–Trinajstić information content (AvgIpc) is 2.89. The van der Waals surface area contributed by atoms with Crippen LogP contribution in [0.3, 0.4) is 0 Å². The summed E-state index contributed by atoms with van der Waals surface area (Å²) in [5.41, 5.74) is 1.65. The number of piperidine rings is 1. The van der Waals surface area contributed by atoms with Crippen LogP contribution >= 0.6 is 11.8 Å². The second kappa shape index (κ2) is 6.90. The first-order chi connectivity index (χ1) is 11.4. The molecule has 1 aromatic rings. The number of likely N-dealkylation sites (tertiary alicyclic amines) is 1. The first-order valence-electron chi connectivity index (χ1n) is 8.93. The van der Waals surface area contributed by atoms with Crippen LogP contribution in [-0.2, 0) is 11.2 Å². The molecule has 0 saturated carbocycles. The van der Waals surface area contributed by atoms with E-state index < -0.39 is 0 Å². The molecule has 0 aromatic carbocycles. The molecule has 1 saturated heterocycles. The Morgan fingerprint density at radius 2 is 1.96 bits per heavy atom. The molecular weight excluding hydrogens is 322 g/mol. The van der Waals surface area contributed by atoms with Crippen molar-refractivity contribution < 1.29 is 4.79 Å². The van der Waals surface area contributed by atoms with Crippen LogP contribution in [0.25, 0.3) is 0 Å². The van der Waals surface area contributed by atoms with Gasteiger partial charge in [0, 0.05) is 36.5 Å². The van der Waals surface area contributed by atoms with Crippen molar-refractivity contribution in [1.82, 2.24) is 14.5 Å². The van der Waals surface area contributed by atoms with Crippen molar-refractivity contribution in [2.75, 3.05) is 18.8 Å². The highest BCUT2D eigenvalue weighted by Gasteiger charge is 2.32. The van der Waals surface area contributed by atoms with Gasteiger partial charge in [0.05, 0.1) is 6.04 Å². The van der Waals surface area contributed by atoms with Crippen LogP contribution in [-0.4, -0.2) is 39.2 Å². The Morgan fingerprint density at radius 3 is 2.58 bits per heavy atom. The van der Waals surface area contributed by atoms with E-state index in [9.17, 15) is 9.59 Å². The Kier molecular flexibility index (Phi) is 5.04. The van der Waals surface area contributed by atoms with Gasteiger partial charge in [-0.2, -0.15) is 0 Å². The Labute approximate surface area is 147 Å². The topological polar surface area (TPSA) is 55.2 Å². The molecule has 3 heterocycles. The molecule has 5 nitrogen and oxygen atoms in total. The average molecular weight is 350 g/mol. The van der Waals surface area contributed by atoms with Crippen molar-refractivity contribution in [1.29, 1.82) is 0 Å². The van der Waals surface area contributed by atoms with E-state index in [4.69, 9.17) is 0 Å². The molecule has 0 aliphatic carbocycles. The molecule has 0 bridgehead atoms. The quantitative estimate of drug-likeness (QED) is 0.787. The van der Waals surface area contributed by atoms with Gasteiger partial charge in [-0.25, -0.2) is 4.98 Å². The van der Waals surface area contributed by atoms with E-state index in [2.05, 4.69) is 18.8 Å². The Morgan fingerprint density at radius 1 is 1.29 bits per heavy atom. The second-order valence-corrected chi connectivity index (χ2v) is 8.39. The molecule has 0 spiro atoms. The zero-order valence-electron chi connectivity index (χ0n) is 15.0. The molecule has 2 aliphatic heterocycles. The number of nitrogens with zero attached hydrogens (tertiary/aromatic N) is 3. The van der Waals surface area contributed by atoms with Crippen LogP contribution in [0, 0.1) is 18.8 Å². The molecule has 1 amide bonds. The molecule has 0 radical (unpaired) electrons. The number of carbonyl (C=O) groups excluding carboxylic acids is 1. The minimum Gasteiger partial charge on any atom is -0.342 e. The van der Waals surface area contributed by atoms with Crippen molar-refractivity contribution in [3.05, 3.63) is 21.6 Å². The fraction of sp³-hybridized carbons (Fsp3) is 0.722. The molecule has 3 atom stereocenters. The maximum absolute atomic E-state index is 12.8. The predicted octanol–water partition coefficient (Wildman–Crippen LogP) is 2.66. The van der Waals surface area contributed by atoms with Crippen molar-refractivity contribution in [2.24, 2.45) is 11.8 Å². The SMILES string of the molecule is CCc1c(C)nc2n(c1=O)C(CC(=O)N1CC(C)CC(C)C1)CS2. The highest BCUT2D eigenvalue weighted by molar-refractivity contribution is 7.99. The van der Waals surface area contributed by atoms with E-state index in [0.717, 1.165) is 35.3 Å². The summed E-state index contributed by atoms with van der Waals surface area (Å²) in [7, 11) is 0. The van der Waals surface area contributed by atoms with E-state index in [1.807, 2.05) is 18.7 Å². The van der Waals surface area contributed by atoms with Gasteiger partial charge in [0.25, 0.3) is 5.56 Å². The monoisotopic (exact) mass is 349 g/mol. The Balaban J connectivity index is 1.79. The number of hydrogen-bond acceptors (Lipinski definition) is 4. The zero-order chi connectivity index (χ0) is 17.4. The predicted molar refractivity (Wildman–Crippen MR) is 96.5 cm³/mol. The normalized spacial score (nSPS) is 26.5. The number of thioether (sulfide) groups is 1.